The Bertz CT molecular complexity index is 138. The van der Waals surface area contributed by atoms with Crippen LogP contribution in [-0.2, 0) is 0 Å². The molecule has 0 amide bonds. The molecule has 14 heavy (non-hydrogen) atoms. The third-order valence-electron chi connectivity index (χ3n) is 2.85. The predicted molar refractivity (Wildman–Crippen MR) is 61.8 cm³/mol. The zero-order valence-electron chi connectivity index (χ0n) is 8.98. The van der Waals surface area contributed by atoms with Crippen LogP contribution in [0.2, 0.25) is 0 Å². The SMILES string of the molecule is CC1CCN(CC(O)CCN)CC1.Cl. The van der Waals surface area contributed by atoms with Crippen molar-refractivity contribution in [2.45, 2.75) is 32.3 Å². The number of aliphatic hydroxyl groups is 1. The van der Waals surface area contributed by atoms with Crippen molar-refractivity contribution in [1.29, 1.82) is 0 Å². The molecule has 0 spiro atoms. The van der Waals surface area contributed by atoms with E-state index < -0.39 is 0 Å². The van der Waals surface area contributed by atoms with Crippen molar-refractivity contribution in [2.24, 2.45) is 11.7 Å². The molecule has 0 aromatic rings. The van der Waals surface area contributed by atoms with Gasteiger partial charge >= 0.3 is 0 Å². The van der Waals surface area contributed by atoms with Crippen molar-refractivity contribution in [1.82, 2.24) is 4.90 Å². The number of halogens is 1. The first-order valence-electron chi connectivity index (χ1n) is 5.33. The van der Waals surface area contributed by atoms with Crippen LogP contribution in [0, 0.1) is 5.92 Å². The Labute approximate surface area is 93.1 Å². The first-order chi connectivity index (χ1) is 6.22. The van der Waals surface area contributed by atoms with Crippen LogP contribution in [0.4, 0.5) is 0 Å². The van der Waals surface area contributed by atoms with Crippen LogP contribution in [-0.4, -0.2) is 42.3 Å². The summed E-state index contributed by atoms with van der Waals surface area (Å²) in [6.07, 6.45) is 3.05. The Kier molecular flexibility index (Phi) is 7.55. The van der Waals surface area contributed by atoms with Gasteiger partial charge in [0.25, 0.3) is 0 Å². The second kappa shape index (κ2) is 7.46. The Balaban J connectivity index is 0.00000169. The average Bonchev–Trinajstić information content (AvgIpc) is 2.09. The number of rotatable bonds is 4. The van der Waals surface area contributed by atoms with Crippen LogP contribution < -0.4 is 5.73 Å². The van der Waals surface area contributed by atoms with Gasteiger partial charge in [-0.2, -0.15) is 0 Å². The van der Waals surface area contributed by atoms with E-state index in [2.05, 4.69) is 11.8 Å². The van der Waals surface area contributed by atoms with Crippen molar-refractivity contribution in [2.75, 3.05) is 26.2 Å². The van der Waals surface area contributed by atoms with Crippen molar-refractivity contribution in [3.63, 3.8) is 0 Å². The highest BCUT2D eigenvalue weighted by atomic mass is 35.5. The van der Waals surface area contributed by atoms with Gasteiger partial charge < -0.3 is 15.7 Å². The van der Waals surface area contributed by atoms with E-state index in [4.69, 9.17) is 5.73 Å². The Hall–Kier alpha value is 0.170. The maximum atomic E-state index is 9.55. The second-order valence-electron chi connectivity index (χ2n) is 4.21. The highest BCUT2D eigenvalue weighted by molar-refractivity contribution is 5.85. The summed E-state index contributed by atoms with van der Waals surface area (Å²) in [7, 11) is 0. The number of nitrogens with zero attached hydrogens (tertiary/aromatic N) is 1. The number of β-amino-alcohol motifs (C(OH)–C–C–N with tert-alkyl or cyclic N) is 1. The molecule has 3 N–H and O–H groups in total. The molecule has 0 aromatic heterocycles. The van der Waals surface area contributed by atoms with Gasteiger partial charge in [0.15, 0.2) is 0 Å². The molecule has 0 aromatic carbocycles. The molecule has 1 rings (SSSR count). The lowest BCUT2D eigenvalue weighted by Crippen LogP contribution is -2.38. The van der Waals surface area contributed by atoms with Gasteiger partial charge in [0.05, 0.1) is 6.10 Å². The molecular weight excluding hydrogens is 200 g/mol. The summed E-state index contributed by atoms with van der Waals surface area (Å²) < 4.78 is 0. The van der Waals surface area contributed by atoms with Crippen LogP contribution >= 0.6 is 12.4 Å². The Morgan fingerprint density at radius 1 is 1.43 bits per heavy atom. The topological polar surface area (TPSA) is 49.5 Å². The van der Waals surface area contributed by atoms with E-state index in [9.17, 15) is 5.11 Å². The predicted octanol–water partition coefficient (Wildman–Crippen LogP) is 0.850. The second-order valence-corrected chi connectivity index (χ2v) is 4.21. The monoisotopic (exact) mass is 222 g/mol. The highest BCUT2D eigenvalue weighted by Crippen LogP contribution is 2.16. The van der Waals surface area contributed by atoms with Gasteiger partial charge in [0.1, 0.15) is 0 Å². The molecule has 1 aliphatic heterocycles. The first-order valence-corrected chi connectivity index (χ1v) is 5.33. The minimum atomic E-state index is -0.224. The average molecular weight is 223 g/mol. The zero-order valence-corrected chi connectivity index (χ0v) is 9.80. The molecule has 1 saturated heterocycles. The fourth-order valence-electron chi connectivity index (χ4n) is 1.83. The molecule has 1 atom stereocenters. The van der Waals surface area contributed by atoms with Crippen molar-refractivity contribution in [3.05, 3.63) is 0 Å². The van der Waals surface area contributed by atoms with Crippen molar-refractivity contribution < 1.29 is 5.11 Å². The molecule has 1 heterocycles. The van der Waals surface area contributed by atoms with Gasteiger partial charge in [-0.05, 0) is 44.8 Å². The van der Waals surface area contributed by atoms with Crippen LogP contribution in [0.25, 0.3) is 0 Å². The molecule has 1 fully saturated rings. The van der Waals surface area contributed by atoms with Gasteiger partial charge in [0, 0.05) is 6.54 Å². The summed E-state index contributed by atoms with van der Waals surface area (Å²) in [5.41, 5.74) is 5.38. The molecule has 1 aliphatic rings. The van der Waals surface area contributed by atoms with Gasteiger partial charge in [-0.3, -0.25) is 0 Å². The third kappa shape index (κ3) is 5.15. The number of likely N-dealkylation sites (tertiary alicyclic amines) is 1. The lowest BCUT2D eigenvalue weighted by Gasteiger charge is -2.31. The third-order valence-corrected chi connectivity index (χ3v) is 2.85. The largest absolute Gasteiger partial charge is 0.392 e. The smallest absolute Gasteiger partial charge is 0.0679 e. The number of nitrogens with two attached hydrogens (primary N) is 1. The highest BCUT2D eigenvalue weighted by Gasteiger charge is 2.17. The van der Waals surface area contributed by atoms with E-state index in [1.165, 1.54) is 12.8 Å². The maximum Gasteiger partial charge on any atom is 0.0679 e. The fourth-order valence-corrected chi connectivity index (χ4v) is 1.83. The lowest BCUT2D eigenvalue weighted by molar-refractivity contribution is 0.0875. The molecule has 0 aliphatic carbocycles. The van der Waals surface area contributed by atoms with Gasteiger partial charge in [-0.15, -0.1) is 12.4 Å². The Morgan fingerprint density at radius 3 is 2.50 bits per heavy atom. The standard InChI is InChI=1S/C10H22N2O.ClH/c1-9-3-6-12(7-4-9)8-10(13)2-5-11;/h9-10,13H,2-8,11H2,1H3;1H. The molecule has 0 saturated carbocycles. The summed E-state index contributed by atoms with van der Waals surface area (Å²) in [6, 6.07) is 0. The molecular formula is C10H23ClN2O. The normalized spacial score (nSPS) is 21.6. The molecule has 0 bridgehead atoms. The summed E-state index contributed by atoms with van der Waals surface area (Å²) in [4.78, 5) is 2.35. The fraction of sp³-hybridized carbons (Fsp3) is 1.00. The van der Waals surface area contributed by atoms with Gasteiger partial charge in [0.2, 0.25) is 0 Å². The van der Waals surface area contributed by atoms with E-state index in [1.54, 1.807) is 0 Å². The lowest BCUT2D eigenvalue weighted by atomic mass is 9.99. The van der Waals surface area contributed by atoms with Crippen molar-refractivity contribution >= 4 is 12.4 Å². The molecule has 1 unspecified atom stereocenters. The first kappa shape index (κ1) is 14.2. The minimum Gasteiger partial charge on any atom is -0.392 e. The van der Waals surface area contributed by atoms with Crippen LogP contribution in [0.1, 0.15) is 26.2 Å². The van der Waals surface area contributed by atoms with Gasteiger partial charge in [-0.25, -0.2) is 0 Å². The summed E-state index contributed by atoms with van der Waals surface area (Å²) in [5, 5.41) is 9.55. The molecule has 4 heteroatoms. The van der Waals surface area contributed by atoms with Crippen LogP contribution in [0.15, 0.2) is 0 Å². The zero-order chi connectivity index (χ0) is 9.68. The summed E-state index contributed by atoms with van der Waals surface area (Å²) >= 11 is 0. The van der Waals surface area contributed by atoms with Crippen LogP contribution in [0.3, 0.4) is 0 Å². The minimum absolute atomic E-state index is 0. The van der Waals surface area contributed by atoms with Crippen molar-refractivity contribution in [3.8, 4) is 0 Å². The Morgan fingerprint density at radius 2 is 2.00 bits per heavy atom. The molecule has 0 radical (unpaired) electrons. The molecule has 86 valence electrons. The quantitative estimate of drug-likeness (QED) is 0.742. The van der Waals surface area contributed by atoms with E-state index in [1.807, 2.05) is 0 Å². The van der Waals surface area contributed by atoms with Gasteiger partial charge in [-0.1, -0.05) is 6.92 Å². The van der Waals surface area contributed by atoms with E-state index >= 15 is 0 Å². The molecule has 3 nitrogen and oxygen atoms in total. The van der Waals surface area contributed by atoms with E-state index in [0.29, 0.717) is 6.54 Å². The van der Waals surface area contributed by atoms with E-state index in [0.717, 1.165) is 32.0 Å². The number of aliphatic hydroxyl groups excluding tert-OH is 1. The summed E-state index contributed by atoms with van der Waals surface area (Å²) in [5.74, 6) is 0.864. The number of hydrogen-bond donors (Lipinski definition) is 2. The van der Waals surface area contributed by atoms with Crippen LogP contribution in [0.5, 0.6) is 0 Å². The van der Waals surface area contributed by atoms with E-state index in [-0.39, 0.29) is 18.5 Å². The maximum absolute atomic E-state index is 9.55. The number of piperidine rings is 1. The summed E-state index contributed by atoms with van der Waals surface area (Å²) in [6.45, 7) is 5.98. The number of hydrogen-bond acceptors (Lipinski definition) is 3.